The standard InChI is InChI=1S/C14H17N5.ClH/c15-12-2-4-13(5-3-12)18-8-10-19(11-9-18)14-16-6-1-7-17-14;/h1-7H,8-11,15H2;1H. The molecule has 1 aromatic heterocycles. The highest BCUT2D eigenvalue weighted by Gasteiger charge is 2.18. The number of piperazine rings is 1. The van der Waals surface area contributed by atoms with E-state index >= 15 is 0 Å². The van der Waals surface area contributed by atoms with E-state index in [1.165, 1.54) is 5.69 Å². The maximum Gasteiger partial charge on any atom is 0.225 e. The summed E-state index contributed by atoms with van der Waals surface area (Å²) in [5, 5.41) is 0. The summed E-state index contributed by atoms with van der Waals surface area (Å²) < 4.78 is 0. The Kier molecular flexibility index (Phi) is 4.63. The highest BCUT2D eigenvalue weighted by molar-refractivity contribution is 5.85. The fourth-order valence-corrected chi connectivity index (χ4v) is 2.30. The van der Waals surface area contributed by atoms with Crippen molar-refractivity contribution in [1.82, 2.24) is 9.97 Å². The van der Waals surface area contributed by atoms with Crippen LogP contribution in [0.1, 0.15) is 0 Å². The molecule has 1 aromatic carbocycles. The fourth-order valence-electron chi connectivity index (χ4n) is 2.30. The highest BCUT2D eigenvalue weighted by Crippen LogP contribution is 2.19. The molecule has 0 atom stereocenters. The molecular formula is C14H18ClN5. The summed E-state index contributed by atoms with van der Waals surface area (Å²) in [5.74, 6) is 0.819. The minimum absolute atomic E-state index is 0. The minimum Gasteiger partial charge on any atom is -0.399 e. The minimum atomic E-state index is 0. The average molecular weight is 292 g/mol. The van der Waals surface area contributed by atoms with Crippen LogP contribution in [0.25, 0.3) is 0 Å². The maximum absolute atomic E-state index is 5.71. The van der Waals surface area contributed by atoms with Crippen molar-refractivity contribution in [3.05, 3.63) is 42.7 Å². The lowest BCUT2D eigenvalue weighted by Gasteiger charge is -2.36. The van der Waals surface area contributed by atoms with E-state index in [9.17, 15) is 0 Å². The highest BCUT2D eigenvalue weighted by atomic mass is 35.5. The molecule has 0 aliphatic carbocycles. The number of nitrogens with zero attached hydrogens (tertiary/aromatic N) is 4. The van der Waals surface area contributed by atoms with E-state index in [4.69, 9.17) is 5.73 Å². The molecule has 106 valence electrons. The molecule has 1 saturated heterocycles. The predicted molar refractivity (Wildman–Crippen MR) is 84.6 cm³/mol. The molecule has 1 aliphatic heterocycles. The molecule has 5 nitrogen and oxygen atoms in total. The SMILES string of the molecule is Cl.Nc1ccc(N2CCN(c3ncccn3)CC2)cc1. The summed E-state index contributed by atoms with van der Waals surface area (Å²) >= 11 is 0. The van der Waals surface area contributed by atoms with Crippen LogP contribution in [0.2, 0.25) is 0 Å². The molecule has 0 unspecified atom stereocenters. The van der Waals surface area contributed by atoms with Crippen molar-refractivity contribution in [3.63, 3.8) is 0 Å². The Morgan fingerprint density at radius 2 is 1.40 bits per heavy atom. The van der Waals surface area contributed by atoms with Crippen LogP contribution in [0.5, 0.6) is 0 Å². The topological polar surface area (TPSA) is 58.3 Å². The molecule has 1 fully saturated rings. The second-order valence-corrected chi connectivity index (χ2v) is 4.61. The first kappa shape index (κ1) is 14.4. The summed E-state index contributed by atoms with van der Waals surface area (Å²) in [6.45, 7) is 3.83. The van der Waals surface area contributed by atoms with Gasteiger partial charge in [0.25, 0.3) is 0 Å². The van der Waals surface area contributed by atoms with Gasteiger partial charge in [-0.1, -0.05) is 0 Å². The van der Waals surface area contributed by atoms with Gasteiger partial charge in [-0.25, -0.2) is 9.97 Å². The van der Waals surface area contributed by atoms with Crippen molar-refractivity contribution in [3.8, 4) is 0 Å². The number of benzene rings is 1. The van der Waals surface area contributed by atoms with Crippen molar-refractivity contribution in [2.75, 3.05) is 41.7 Å². The Morgan fingerprint density at radius 1 is 0.850 bits per heavy atom. The fraction of sp³-hybridized carbons (Fsp3) is 0.286. The number of anilines is 3. The molecule has 2 N–H and O–H groups in total. The average Bonchev–Trinajstić information content (AvgIpc) is 2.49. The van der Waals surface area contributed by atoms with Gasteiger partial charge in [-0.15, -0.1) is 12.4 Å². The van der Waals surface area contributed by atoms with E-state index in [1.54, 1.807) is 12.4 Å². The van der Waals surface area contributed by atoms with Gasteiger partial charge in [-0.2, -0.15) is 0 Å². The lowest BCUT2D eigenvalue weighted by atomic mass is 10.2. The van der Waals surface area contributed by atoms with Crippen molar-refractivity contribution in [2.45, 2.75) is 0 Å². The molecule has 1 aliphatic rings. The van der Waals surface area contributed by atoms with Crippen molar-refractivity contribution >= 4 is 29.7 Å². The van der Waals surface area contributed by atoms with Gasteiger partial charge in [-0.3, -0.25) is 0 Å². The maximum atomic E-state index is 5.71. The Hall–Kier alpha value is -2.01. The van der Waals surface area contributed by atoms with E-state index in [2.05, 4.69) is 31.9 Å². The number of rotatable bonds is 2. The molecule has 2 heterocycles. The number of hydrogen-bond donors (Lipinski definition) is 1. The number of hydrogen-bond acceptors (Lipinski definition) is 5. The number of aromatic nitrogens is 2. The molecule has 2 aromatic rings. The van der Waals surface area contributed by atoms with Crippen LogP contribution in [0.3, 0.4) is 0 Å². The quantitative estimate of drug-likeness (QED) is 0.855. The van der Waals surface area contributed by atoms with Crippen LogP contribution < -0.4 is 15.5 Å². The van der Waals surface area contributed by atoms with Gasteiger partial charge in [0, 0.05) is 49.9 Å². The van der Waals surface area contributed by atoms with E-state index in [0.717, 1.165) is 37.8 Å². The predicted octanol–water partition coefficient (Wildman–Crippen LogP) is 1.81. The van der Waals surface area contributed by atoms with Crippen LogP contribution in [-0.4, -0.2) is 36.1 Å². The Bertz CT molecular complexity index is 523. The first-order chi connectivity index (χ1) is 9.33. The normalized spacial score (nSPS) is 14.8. The second-order valence-electron chi connectivity index (χ2n) is 4.61. The molecule has 3 rings (SSSR count). The molecule has 0 bridgehead atoms. The Morgan fingerprint density at radius 3 is 2.00 bits per heavy atom. The molecular weight excluding hydrogens is 274 g/mol. The van der Waals surface area contributed by atoms with E-state index in [1.807, 2.05) is 18.2 Å². The summed E-state index contributed by atoms with van der Waals surface area (Å²) in [6, 6.07) is 9.88. The second kappa shape index (κ2) is 6.43. The van der Waals surface area contributed by atoms with Crippen molar-refractivity contribution in [1.29, 1.82) is 0 Å². The van der Waals surface area contributed by atoms with Crippen molar-refractivity contribution in [2.24, 2.45) is 0 Å². The van der Waals surface area contributed by atoms with E-state index in [-0.39, 0.29) is 12.4 Å². The Balaban J connectivity index is 0.00000147. The summed E-state index contributed by atoms with van der Waals surface area (Å²) in [5.41, 5.74) is 7.74. The monoisotopic (exact) mass is 291 g/mol. The third-order valence-electron chi connectivity index (χ3n) is 3.37. The van der Waals surface area contributed by atoms with E-state index < -0.39 is 0 Å². The van der Waals surface area contributed by atoms with Crippen LogP contribution in [0, 0.1) is 0 Å². The Labute approximate surface area is 124 Å². The first-order valence-electron chi connectivity index (χ1n) is 6.45. The van der Waals surface area contributed by atoms with Crippen LogP contribution >= 0.6 is 12.4 Å². The summed E-state index contributed by atoms with van der Waals surface area (Å²) in [7, 11) is 0. The third-order valence-corrected chi connectivity index (χ3v) is 3.37. The van der Waals surface area contributed by atoms with E-state index in [0.29, 0.717) is 0 Å². The summed E-state index contributed by atoms with van der Waals surface area (Å²) in [6.07, 6.45) is 3.57. The first-order valence-corrected chi connectivity index (χ1v) is 6.45. The molecule has 0 spiro atoms. The van der Waals surface area contributed by atoms with Crippen LogP contribution in [-0.2, 0) is 0 Å². The van der Waals surface area contributed by atoms with Gasteiger partial charge in [0.1, 0.15) is 0 Å². The smallest absolute Gasteiger partial charge is 0.225 e. The largest absolute Gasteiger partial charge is 0.399 e. The number of nitrogen functional groups attached to an aromatic ring is 1. The molecule has 20 heavy (non-hydrogen) atoms. The lowest BCUT2D eigenvalue weighted by molar-refractivity contribution is 0.640. The molecule has 0 amide bonds. The van der Waals surface area contributed by atoms with Gasteiger partial charge >= 0.3 is 0 Å². The van der Waals surface area contributed by atoms with Crippen LogP contribution in [0.15, 0.2) is 42.7 Å². The van der Waals surface area contributed by atoms with Gasteiger partial charge in [0.15, 0.2) is 0 Å². The third kappa shape index (κ3) is 3.11. The van der Waals surface area contributed by atoms with Gasteiger partial charge < -0.3 is 15.5 Å². The number of halogens is 1. The molecule has 0 radical (unpaired) electrons. The number of nitrogens with two attached hydrogens (primary N) is 1. The zero-order chi connectivity index (χ0) is 13.1. The van der Waals surface area contributed by atoms with Crippen LogP contribution in [0.4, 0.5) is 17.3 Å². The zero-order valence-electron chi connectivity index (χ0n) is 11.1. The lowest BCUT2D eigenvalue weighted by Crippen LogP contribution is -2.47. The van der Waals surface area contributed by atoms with Gasteiger partial charge in [0.05, 0.1) is 0 Å². The summed E-state index contributed by atoms with van der Waals surface area (Å²) in [4.78, 5) is 13.2. The van der Waals surface area contributed by atoms with Gasteiger partial charge in [-0.05, 0) is 30.3 Å². The molecule has 0 saturated carbocycles. The van der Waals surface area contributed by atoms with Crippen molar-refractivity contribution < 1.29 is 0 Å². The molecule has 6 heteroatoms. The van der Waals surface area contributed by atoms with Gasteiger partial charge in [0.2, 0.25) is 5.95 Å². The zero-order valence-corrected chi connectivity index (χ0v) is 12.0.